The molecule has 2 heteroatoms. The fourth-order valence-corrected chi connectivity index (χ4v) is 2.45. The maximum absolute atomic E-state index is 3.76. The van der Waals surface area contributed by atoms with Crippen LogP contribution in [0.2, 0.25) is 0 Å². The highest BCUT2D eigenvalue weighted by atomic mass is 32.1. The predicted molar refractivity (Wildman–Crippen MR) is 69.5 cm³/mol. The van der Waals surface area contributed by atoms with Gasteiger partial charge in [0.1, 0.15) is 0 Å². The molecule has 1 rings (SSSR count). The molecular formula is C13H21NS. The molecule has 0 spiro atoms. The summed E-state index contributed by atoms with van der Waals surface area (Å²) in [6.45, 7) is 6.99. The molecule has 1 N–H and O–H groups in total. The van der Waals surface area contributed by atoms with E-state index in [1.54, 1.807) is 11.3 Å². The van der Waals surface area contributed by atoms with Crippen molar-refractivity contribution in [3.63, 3.8) is 0 Å². The largest absolute Gasteiger partial charge is 0.314 e. The van der Waals surface area contributed by atoms with Gasteiger partial charge in [0.2, 0.25) is 0 Å². The second kappa shape index (κ2) is 7.66. The van der Waals surface area contributed by atoms with Gasteiger partial charge in [-0.05, 0) is 54.6 Å². The molecule has 1 nitrogen and oxygen atoms in total. The fourth-order valence-electron chi connectivity index (χ4n) is 1.77. The summed E-state index contributed by atoms with van der Waals surface area (Å²) in [4.78, 5) is 0. The van der Waals surface area contributed by atoms with E-state index in [1.165, 1.54) is 18.4 Å². The Kier molecular flexibility index (Phi) is 6.37. The van der Waals surface area contributed by atoms with Gasteiger partial charge < -0.3 is 5.32 Å². The molecule has 0 aliphatic rings. The Morgan fingerprint density at radius 3 is 3.07 bits per heavy atom. The third kappa shape index (κ3) is 5.14. The van der Waals surface area contributed by atoms with E-state index in [0.29, 0.717) is 6.04 Å². The molecular weight excluding hydrogens is 202 g/mol. The number of allylic oxidation sites excluding steroid dienone is 1. The van der Waals surface area contributed by atoms with Crippen LogP contribution in [-0.4, -0.2) is 12.6 Å². The number of rotatable bonds is 8. The van der Waals surface area contributed by atoms with Gasteiger partial charge >= 0.3 is 0 Å². The molecule has 0 fully saturated rings. The normalized spacial score (nSPS) is 12.6. The monoisotopic (exact) mass is 223 g/mol. The number of hydrogen-bond acceptors (Lipinski definition) is 2. The fraction of sp³-hybridized carbons (Fsp3) is 0.538. The summed E-state index contributed by atoms with van der Waals surface area (Å²) in [7, 11) is 0. The molecule has 1 aromatic heterocycles. The minimum absolute atomic E-state index is 0.629. The number of unbranched alkanes of at least 4 members (excludes halogenated alkanes) is 1. The zero-order chi connectivity index (χ0) is 10.9. The van der Waals surface area contributed by atoms with Gasteiger partial charge in [-0.2, -0.15) is 11.3 Å². The summed E-state index contributed by atoms with van der Waals surface area (Å²) < 4.78 is 0. The number of thiophene rings is 1. The summed E-state index contributed by atoms with van der Waals surface area (Å²) in [6.07, 6.45) is 6.79. The highest BCUT2D eigenvalue weighted by Crippen LogP contribution is 2.12. The van der Waals surface area contributed by atoms with Gasteiger partial charge in [-0.15, -0.1) is 6.58 Å². The molecule has 0 saturated carbocycles. The zero-order valence-corrected chi connectivity index (χ0v) is 10.4. The predicted octanol–water partition coefficient (Wildman–Crippen LogP) is 3.63. The smallest absolute Gasteiger partial charge is 0.0108 e. The van der Waals surface area contributed by atoms with Crippen molar-refractivity contribution in [2.75, 3.05) is 6.54 Å². The van der Waals surface area contributed by atoms with Crippen LogP contribution < -0.4 is 5.32 Å². The maximum atomic E-state index is 3.76. The van der Waals surface area contributed by atoms with Crippen molar-refractivity contribution in [3.05, 3.63) is 35.0 Å². The van der Waals surface area contributed by atoms with Crippen LogP contribution >= 0.6 is 11.3 Å². The van der Waals surface area contributed by atoms with Crippen molar-refractivity contribution in [2.45, 2.75) is 38.6 Å². The Morgan fingerprint density at radius 2 is 2.47 bits per heavy atom. The first-order valence-corrected chi connectivity index (χ1v) is 6.66. The molecule has 1 aromatic rings. The van der Waals surface area contributed by atoms with Gasteiger partial charge in [-0.3, -0.25) is 0 Å². The van der Waals surface area contributed by atoms with Crippen LogP contribution in [0.4, 0.5) is 0 Å². The van der Waals surface area contributed by atoms with E-state index in [1.807, 2.05) is 6.08 Å². The van der Waals surface area contributed by atoms with E-state index in [4.69, 9.17) is 0 Å². The third-order valence-electron chi connectivity index (χ3n) is 2.52. The molecule has 0 aromatic carbocycles. The lowest BCUT2D eigenvalue weighted by Crippen LogP contribution is -2.30. The molecule has 84 valence electrons. The second-order valence-corrected chi connectivity index (χ2v) is 4.59. The second-order valence-electron chi connectivity index (χ2n) is 3.81. The van der Waals surface area contributed by atoms with Crippen molar-refractivity contribution in [1.82, 2.24) is 5.32 Å². The first kappa shape index (κ1) is 12.5. The van der Waals surface area contributed by atoms with Gasteiger partial charge in [0.25, 0.3) is 0 Å². The summed E-state index contributed by atoms with van der Waals surface area (Å²) in [5.74, 6) is 0. The first-order valence-electron chi connectivity index (χ1n) is 5.72. The topological polar surface area (TPSA) is 12.0 Å². The summed E-state index contributed by atoms with van der Waals surface area (Å²) >= 11 is 1.78. The molecule has 0 aliphatic carbocycles. The lowest BCUT2D eigenvalue weighted by molar-refractivity contribution is 0.478. The Bertz CT molecular complexity index is 254. The molecule has 0 aliphatic heterocycles. The Hall–Kier alpha value is -0.600. The SMILES string of the molecule is C=CCCCC(Cc1ccsc1)NCC. The highest BCUT2D eigenvalue weighted by molar-refractivity contribution is 7.07. The number of likely N-dealkylation sites (N-methyl/N-ethyl adjacent to an activating group) is 1. The molecule has 0 amide bonds. The summed E-state index contributed by atoms with van der Waals surface area (Å²) in [5.41, 5.74) is 1.46. The van der Waals surface area contributed by atoms with Gasteiger partial charge in [-0.1, -0.05) is 13.0 Å². The lowest BCUT2D eigenvalue weighted by atomic mass is 10.0. The van der Waals surface area contributed by atoms with Crippen LogP contribution in [-0.2, 0) is 6.42 Å². The van der Waals surface area contributed by atoms with E-state index in [9.17, 15) is 0 Å². The van der Waals surface area contributed by atoms with Crippen LogP contribution in [0.5, 0.6) is 0 Å². The zero-order valence-electron chi connectivity index (χ0n) is 9.54. The van der Waals surface area contributed by atoms with Crippen molar-refractivity contribution in [2.24, 2.45) is 0 Å². The van der Waals surface area contributed by atoms with Crippen LogP contribution in [0, 0.1) is 0 Å². The quantitative estimate of drug-likeness (QED) is 0.524. The average molecular weight is 223 g/mol. The Labute approximate surface area is 97.2 Å². The first-order chi connectivity index (χ1) is 7.36. The van der Waals surface area contributed by atoms with E-state index < -0.39 is 0 Å². The van der Waals surface area contributed by atoms with Crippen molar-refractivity contribution >= 4 is 11.3 Å². The van der Waals surface area contributed by atoms with Gasteiger partial charge in [0.15, 0.2) is 0 Å². The summed E-state index contributed by atoms with van der Waals surface area (Å²) in [6, 6.07) is 2.85. The van der Waals surface area contributed by atoms with Crippen molar-refractivity contribution in [1.29, 1.82) is 0 Å². The van der Waals surface area contributed by atoms with Crippen molar-refractivity contribution in [3.8, 4) is 0 Å². The summed E-state index contributed by atoms with van der Waals surface area (Å²) in [5, 5.41) is 7.95. The van der Waals surface area contributed by atoms with Crippen LogP contribution in [0.15, 0.2) is 29.5 Å². The van der Waals surface area contributed by atoms with Crippen LogP contribution in [0.3, 0.4) is 0 Å². The minimum atomic E-state index is 0.629. The number of nitrogens with one attached hydrogen (secondary N) is 1. The number of hydrogen-bond donors (Lipinski definition) is 1. The minimum Gasteiger partial charge on any atom is -0.314 e. The van der Waals surface area contributed by atoms with E-state index in [0.717, 1.165) is 19.4 Å². The highest BCUT2D eigenvalue weighted by Gasteiger charge is 2.07. The molecule has 0 saturated heterocycles. The Morgan fingerprint density at radius 1 is 1.60 bits per heavy atom. The van der Waals surface area contributed by atoms with Crippen molar-refractivity contribution < 1.29 is 0 Å². The maximum Gasteiger partial charge on any atom is 0.0108 e. The third-order valence-corrected chi connectivity index (χ3v) is 3.25. The molecule has 1 unspecified atom stereocenters. The lowest BCUT2D eigenvalue weighted by Gasteiger charge is -2.16. The van der Waals surface area contributed by atoms with Crippen LogP contribution in [0.1, 0.15) is 31.7 Å². The molecule has 1 atom stereocenters. The van der Waals surface area contributed by atoms with Gasteiger partial charge in [-0.25, -0.2) is 0 Å². The van der Waals surface area contributed by atoms with Gasteiger partial charge in [0.05, 0.1) is 0 Å². The van der Waals surface area contributed by atoms with Gasteiger partial charge in [0, 0.05) is 6.04 Å². The molecule has 15 heavy (non-hydrogen) atoms. The average Bonchev–Trinajstić information content (AvgIpc) is 2.71. The van der Waals surface area contributed by atoms with E-state index >= 15 is 0 Å². The van der Waals surface area contributed by atoms with E-state index in [-0.39, 0.29) is 0 Å². The molecule has 1 heterocycles. The Balaban J connectivity index is 2.32. The standard InChI is InChI=1S/C13H21NS/c1-3-5-6-7-13(14-4-2)10-12-8-9-15-11-12/h3,8-9,11,13-14H,1,4-7,10H2,2H3. The van der Waals surface area contributed by atoms with E-state index in [2.05, 4.69) is 35.6 Å². The molecule has 0 bridgehead atoms. The molecule has 0 radical (unpaired) electrons. The van der Waals surface area contributed by atoms with Crippen LogP contribution in [0.25, 0.3) is 0 Å².